The number of Topliss-reactive ketones (excluding diaryl/α,β-unsaturated/α-hetero) is 1. The Bertz CT molecular complexity index is 1200. The summed E-state index contributed by atoms with van der Waals surface area (Å²) >= 11 is 6.53. The number of imidazole rings is 1. The van der Waals surface area contributed by atoms with Gasteiger partial charge in [0.2, 0.25) is 0 Å². The number of hydrogen-bond donors (Lipinski definition) is 2. The summed E-state index contributed by atoms with van der Waals surface area (Å²) in [4.78, 5) is 24.1. The lowest BCUT2D eigenvalue weighted by atomic mass is 10.1. The molecule has 6 nitrogen and oxygen atoms in total. The van der Waals surface area contributed by atoms with Crippen LogP contribution in [0.2, 0.25) is 5.02 Å². The molecule has 0 saturated heterocycles. The van der Waals surface area contributed by atoms with E-state index in [9.17, 15) is 9.18 Å². The van der Waals surface area contributed by atoms with Crippen LogP contribution >= 0.6 is 11.6 Å². The summed E-state index contributed by atoms with van der Waals surface area (Å²) in [7, 11) is 0. The van der Waals surface area contributed by atoms with E-state index in [4.69, 9.17) is 17.3 Å². The van der Waals surface area contributed by atoms with Crippen LogP contribution < -0.4 is 5.73 Å². The van der Waals surface area contributed by atoms with Crippen LogP contribution in [0.25, 0.3) is 27.8 Å². The van der Waals surface area contributed by atoms with Gasteiger partial charge in [-0.3, -0.25) is 9.20 Å². The molecule has 3 N–H and O–H groups in total. The summed E-state index contributed by atoms with van der Waals surface area (Å²) in [6.07, 6.45) is 4.33. The van der Waals surface area contributed by atoms with Crippen LogP contribution in [-0.4, -0.2) is 31.3 Å². The normalized spacial score (nSPS) is 19.3. The number of hydrogen-bond acceptors (Lipinski definition) is 4. The molecule has 4 aromatic heterocycles. The number of H-pyrrole nitrogens is 1. The van der Waals surface area contributed by atoms with Crippen molar-refractivity contribution in [1.82, 2.24) is 19.4 Å². The van der Waals surface area contributed by atoms with Crippen molar-refractivity contribution in [3.8, 4) is 11.1 Å². The molecule has 1 aliphatic rings. The van der Waals surface area contributed by atoms with E-state index in [1.165, 1.54) is 0 Å². The predicted octanol–water partition coefficient (Wildman–Crippen LogP) is 3.65. The SMILES string of the molecule is Nc1nc2ccc(-c3cnc4[nH]ccc4c3Cl)cn2c1C(=O)[C@@H]1C[C@@H]1F. The smallest absolute Gasteiger partial charge is 0.189 e. The van der Waals surface area contributed by atoms with Gasteiger partial charge in [-0.1, -0.05) is 11.6 Å². The van der Waals surface area contributed by atoms with E-state index >= 15 is 0 Å². The molecule has 8 heteroatoms. The van der Waals surface area contributed by atoms with Gasteiger partial charge >= 0.3 is 0 Å². The summed E-state index contributed by atoms with van der Waals surface area (Å²) in [6.45, 7) is 0. The van der Waals surface area contributed by atoms with E-state index in [0.717, 1.165) is 16.5 Å². The Morgan fingerprint density at radius 3 is 2.96 bits per heavy atom. The Kier molecular flexibility index (Phi) is 3.12. The molecule has 0 unspecified atom stereocenters. The van der Waals surface area contributed by atoms with E-state index < -0.39 is 12.1 Å². The largest absolute Gasteiger partial charge is 0.382 e. The van der Waals surface area contributed by atoms with Crippen LogP contribution in [0.15, 0.2) is 36.8 Å². The zero-order chi connectivity index (χ0) is 18.0. The number of ketones is 1. The Hall–Kier alpha value is -2.93. The van der Waals surface area contributed by atoms with Crippen LogP contribution in [0, 0.1) is 5.92 Å². The predicted molar refractivity (Wildman–Crippen MR) is 97.0 cm³/mol. The molecular weight excluding hydrogens is 357 g/mol. The van der Waals surface area contributed by atoms with Crippen molar-refractivity contribution in [3.63, 3.8) is 0 Å². The van der Waals surface area contributed by atoms with Crippen molar-refractivity contribution in [2.45, 2.75) is 12.6 Å². The first kappa shape index (κ1) is 15.3. The van der Waals surface area contributed by atoms with Gasteiger partial charge in [0.15, 0.2) is 11.6 Å². The fraction of sp³-hybridized carbons (Fsp3) is 0.167. The van der Waals surface area contributed by atoms with Gasteiger partial charge in [-0.2, -0.15) is 0 Å². The van der Waals surface area contributed by atoms with Crippen molar-refractivity contribution in [2.24, 2.45) is 5.92 Å². The highest BCUT2D eigenvalue weighted by molar-refractivity contribution is 6.38. The van der Waals surface area contributed by atoms with E-state index in [-0.39, 0.29) is 23.7 Å². The zero-order valence-corrected chi connectivity index (χ0v) is 14.2. The maximum Gasteiger partial charge on any atom is 0.189 e. The summed E-state index contributed by atoms with van der Waals surface area (Å²) in [5, 5.41) is 1.37. The van der Waals surface area contributed by atoms with Gasteiger partial charge in [-0.05, 0) is 24.6 Å². The highest BCUT2D eigenvalue weighted by atomic mass is 35.5. The quantitative estimate of drug-likeness (QED) is 0.539. The fourth-order valence-corrected chi connectivity index (χ4v) is 3.57. The Morgan fingerprint density at radius 1 is 1.38 bits per heavy atom. The van der Waals surface area contributed by atoms with Crippen LogP contribution in [-0.2, 0) is 0 Å². The van der Waals surface area contributed by atoms with Gasteiger partial charge < -0.3 is 10.7 Å². The van der Waals surface area contributed by atoms with Crippen molar-refractivity contribution >= 4 is 39.9 Å². The van der Waals surface area contributed by atoms with Gasteiger partial charge in [-0.15, -0.1) is 0 Å². The topological polar surface area (TPSA) is 89.1 Å². The number of anilines is 1. The van der Waals surface area contributed by atoms with Gasteiger partial charge in [0.05, 0.1) is 10.9 Å². The number of alkyl halides is 1. The van der Waals surface area contributed by atoms with E-state index in [1.54, 1.807) is 29.1 Å². The molecule has 130 valence electrons. The summed E-state index contributed by atoms with van der Waals surface area (Å²) in [6, 6.07) is 5.44. The van der Waals surface area contributed by atoms with Crippen molar-refractivity contribution in [2.75, 3.05) is 5.73 Å². The Morgan fingerprint density at radius 2 is 2.19 bits per heavy atom. The molecule has 26 heavy (non-hydrogen) atoms. The number of aromatic amines is 1. The highest BCUT2D eigenvalue weighted by Crippen LogP contribution is 2.38. The summed E-state index contributed by atoms with van der Waals surface area (Å²) in [5.41, 5.74) is 8.86. The van der Waals surface area contributed by atoms with Crippen molar-refractivity contribution in [3.05, 3.63) is 47.5 Å². The summed E-state index contributed by atoms with van der Waals surface area (Å²) in [5.74, 6) is -0.830. The van der Waals surface area contributed by atoms with Crippen LogP contribution in [0.5, 0.6) is 0 Å². The lowest BCUT2D eigenvalue weighted by Gasteiger charge is -2.07. The van der Waals surface area contributed by atoms with Crippen LogP contribution in [0.3, 0.4) is 0 Å². The molecule has 1 aliphatic carbocycles. The van der Waals surface area contributed by atoms with Gasteiger partial charge in [-0.25, -0.2) is 14.4 Å². The molecule has 0 aromatic carbocycles. The molecule has 0 bridgehead atoms. The average Bonchev–Trinajstić information content (AvgIpc) is 3.04. The molecule has 0 amide bonds. The molecule has 5 rings (SSSR count). The third kappa shape index (κ3) is 2.13. The minimum atomic E-state index is -1.09. The monoisotopic (exact) mass is 369 g/mol. The maximum atomic E-state index is 13.3. The first-order chi connectivity index (χ1) is 12.5. The molecule has 0 spiro atoms. The molecule has 1 saturated carbocycles. The number of pyridine rings is 2. The molecule has 0 aliphatic heterocycles. The highest BCUT2D eigenvalue weighted by Gasteiger charge is 2.45. The second-order valence-corrected chi connectivity index (χ2v) is 6.82. The molecule has 0 radical (unpaired) electrons. The third-order valence-corrected chi connectivity index (χ3v) is 5.17. The minimum Gasteiger partial charge on any atom is -0.382 e. The number of rotatable bonds is 3. The second-order valence-electron chi connectivity index (χ2n) is 6.44. The molecule has 4 heterocycles. The number of carbonyl (C=O) groups excluding carboxylic acids is 1. The second kappa shape index (κ2) is 5.28. The van der Waals surface area contributed by atoms with Crippen molar-refractivity contribution < 1.29 is 9.18 Å². The van der Waals surface area contributed by atoms with Crippen molar-refractivity contribution in [1.29, 1.82) is 0 Å². The molecular formula is C18H13ClFN5O. The number of nitrogen functional groups attached to an aromatic ring is 1. The lowest BCUT2D eigenvalue weighted by Crippen LogP contribution is -2.10. The number of nitrogens with one attached hydrogen (secondary N) is 1. The zero-order valence-electron chi connectivity index (χ0n) is 13.4. The molecule has 1 fully saturated rings. The Labute approximate surface area is 151 Å². The average molecular weight is 370 g/mol. The van der Waals surface area contributed by atoms with E-state index in [2.05, 4.69) is 15.0 Å². The fourth-order valence-electron chi connectivity index (χ4n) is 3.25. The number of carbonyl (C=O) groups is 1. The summed E-state index contributed by atoms with van der Waals surface area (Å²) < 4.78 is 15.0. The number of aromatic nitrogens is 4. The van der Waals surface area contributed by atoms with Crippen LogP contribution in [0.1, 0.15) is 16.9 Å². The van der Waals surface area contributed by atoms with Gasteiger partial charge in [0, 0.05) is 35.1 Å². The first-order valence-corrected chi connectivity index (χ1v) is 8.50. The minimum absolute atomic E-state index is 0.108. The van der Waals surface area contributed by atoms with Gasteiger partial charge in [0.25, 0.3) is 0 Å². The number of fused-ring (bicyclic) bond motifs is 2. The number of halogens is 2. The molecule has 2 atom stereocenters. The first-order valence-electron chi connectivity index (χ1n) is 8.12. The lowest BCUT2D eigenvalue weighted by molar-refractivity contribution is 0.0952. The third-order valence-electron chi connectivity index (χ3n) is 4.76. The standard InChI is InChI=1S/C18H13ClFN5O/c19-14-9-3-4-22-18(9)23-6-11(14)8-1-2-13-24-17(21)15(25(13)7-8)16(26)10-5-12(10)20/h1-4,6-7,10,12H,5,21H2,(H,22,23)/t10-,12+/m1/s1. The Balaban J connectivity index is 1.69. The number of nitrogens with zero attached hydrogens (tertiary/aromatic N) is 3. The number of nitrogens with two attached hydrogens (primary N) is 1. The molecule has 4 aromatic rings. The van der Waals surface area contributed by atoms with Crippen LogP contribution in [0.4, 0.5) is 10.2 Å². The van der Waals surface area contributed by atoms with E-state index in [1.807, 2.05) is 12.1 Å². The maximum absolute atomic E-state index is 13.3. The van der Waals surface area contributed by atoms with E-state index in [0.29, 0.717) is 16.3 Å². The van der Waals surface area contributed by atoms with Gasteiger partial charge in [0.1, 0.15) is 23.2 Å².